The second-order valence-corrected chi connectivity index (χ2v) is 9.74. The first kappa shape index (κ1) is 32.8. The van der Waals surface area contributed by atoms with Crippen molar-refractivity contribution in [2.45, 2.75) is 38.9 Å². The second-order valence-electron chi connectivity index (χ2n) is 9.74. The Kier molecular flexibility index (Phi) is 10.6. The average Bonchev–Trinajstić information content (AvgIpc) is 3.66. The number of carbonyl (C=O) groups excluding carboxylic acids is 1. The maximum atomic E-state index is 14.4. The fourth-order valence-electron chi connectivity index (χ4n) is 4.71. The third kappa shape index (κ3) is 7.71. The van der Waals surface area contributed by atoms with Crippen molar-refractivity contribution in [2.75, 3.05) is 6.61 Å². The second kappa shape index (κ2) is 14.1. The monoisotopic (exact) mass is 616 g/mol. The van der Waals surface area contributed by atoms with Crippen LogP contribution in [0.4, 0.5) is 17.6 Å². The zero-order valence-electron chi connectivity index (χ0n) is 23.9. The third-order valence-electron chi connectivity index (χ3n) is 6.80. The van der Waals surface area contributed by atoms with Crippen LogP contribution in [-0.4, -0.2) is 42.1 Å². The summed E-state index contributed by atoms with van der Waals surface area (Å²) in [7, 11) is 0. The van der Waals surface area contributed by atoms with Gasteiger partial charge in [0.05, 0.1) is 24.5 Å². The zero-order chi connectivity index (χ0) is 30.6. The molecule has 0 atom stereocenters. The number of aryl methyl sites for hydroxylation is 4. The van der Waals surface area contributed by atoms with Crippen molar-refractivity contribution in [3.05, 3.63) is 107 Å². The Morgan fingerprint density at radius 2 is 1.80 bits per heavy atom. The standard InChI is InChI=1S/C30H26F4N6O3.Na/c1-19-14-23(43-13-3-12-39-18-35-17-37-39)11-9-20(19)6-7-21-8-10-22(31)15-24(21)26-4-2-5-27(38-26)40-28(30(32,33)34)25(16-36-40)29(41)42;/h2,4-5,8-11,14-18H,3,6-7,12-13H2,1H3,(H,41,42);/q;+1/p-1. The van der Waals surface area contributed by atoms with E-state index in [2.05, 4.69) is 20.2 Å². The molecule has 0 amide bonds. The molecule has 14 heteroatoms. The Morgan fingerprint density at radius 1 is 1.02 bits per heavy atom. The number of benzene rings is 2. The van der Waals surface area contributed by atoms with Gasteiger partial charge < -0.3 is 14.6 Å². The van der Waals surface area contributed by atoms with Crippen molar-refractivity contribution in [3.63, 3.8) is 0 Å². The number of ether oxygens (including phenoxy) is 1. The van der Waals surface area contributed by atoms with E-state index in [1.807, 2.05) is 25.1 Å². The number of aromatic nitrogens is 6. The summed E-state index contributed by atoms with van der Waals surface area (Å²) in [5.74, 6) is -2.09. The fourth-order valence-corrected chi connectivity index (χ4v) is 4.71. The van der Waals surface area contributed by atoms with E-state index in [4.69, 9.17) is 4.74 Å². The average molecular weight is 617 g/mol. The largest absolute Gasteiger partial charge is 1.00 e. The van der Waals surface area contributed by atoms with Crippen molar-refractivity contribution in [2.24, 2.45) is 0 Å². The van der Waals surface area contributed by atoms with Gasteiger partial charge in [0.25, 0.3) is 0 Å². The van der Waals surface area contributed by atoms with E-state index in [1.54, 1.807) is 23.1 Å². The number of hydrogen-bond donors (Lipinski definition) is 0. The Bertz CT molecular complexity index is 1740. The third-order valence-corrected chi connectivity index (χ3v) is 6.80. The Balaban J connectivity index is 0.00000442. The molecule has 44 heavy (non-hydrogen) atoms. The molecule has 0 aliphatic rings. The van der Waals surface area contributed by atoms with Crippen molar-refractivity contribution in [1.82, 2.24) is 29.5 Å². The summed E-state index contributed by atoms with van der Waals surface area (Å²) in [6.45, 7) is 3.18. The molecule has 3 aromatic heterocycles. The van der Waals surface area contributed by atoms with Gasteiger partial charge >= 0.3 is 35.7 Å². The zero-order valence-corrected chi connectivity index (χ0v) is 25.9. The van der Waals surface area contributed by atoms with Crippen molar-refractivity contribution >= 4 is 5.97 Å². The quantitative estimate of drug-likeness (QED) is 0.126. The maximum absolute atomic E-state index is 14.4. The summed E-state index contributed by atoms with van der Waals surface area (Å²) in [4.78, 5) is 19.5. The molecule has 0 saturated carbocycles. The number of pyridine rings is 1. The predicted octanol–water partition coefficient (Wildman–Crippen LogP) is 1.61. The molecular weight excluding hydrogens is 591 g/mol. The topological polar surface area (TPSA) is 111 Å². The molecule has 222 valence electrons. The number of carboxylic acid groups (broad SMARTS) is 1. The summed E-state index contributed by atoms with van der Waals surface area (Å²) in [6, 6.07) is 14.2. The normalized spacial score (nSPS) is 11.3. The minimum atomic E-state index is -5.04. The number of carboxylic acids is 1. The van der Waals surface area contributed by atoms with Gasteiger partial charge in [-0.1, -0.05) is 18.2 Å². The van der Waals surface area contributed by atoms with Crippen LogP contribution < -0.4 is 39.4 Å². The van der Waals surface area contributed by atoms with Crippen LogP contribution in [0.1, 0.15) is 39.2 Å². The Morgan fingerprint density at radius 3 is 2.50 bits per heavy atom. The van der Waals surface area contributed by atoms with Gasteiger partial charge in [-0.15, -0.1) is 0 Å². The molecule has 0 aliphatic carbocycles. The number of alkyl halides is 3. The van der Waals surface area contributed by atoms with E-state index >= 15 is 0 Å². The van der Waals surface area contributed by atoms with Crippen LogP contribution in [-0.2, 0) is 25.6 Å². The minimum absolute atomic E-state index is 0. The molecule has 5 aromatic rings. The molecule has 0 aliphatic heterocycles. The van der Waals surface area contributed by atoms with Gasteiger partial charge in [0.2, 0.25) is 0 Å². The van der Waals surface area contributed by atoms with Crippen molar-refractivity contribution in [1.29, 1.82) is 0 Å². The van der Waals surface area contributed by atoms with Crippen LogP contribution >= 0.6 is 0 Å². The molecule has 0 N–H and O–H groups in total. The van der Waals surface area contributed by atoms with E-state index in [0.29, 0.717) is 42.4 Å². The number of carbonyl (C=O) groups is 1. The van der Waals surface area contributed by atoms with Gasteiger partial charge in [0.1, 0.15) is 24.2 Å². The summed E-state index contributed by atoms with van der Waals surface area (Å²) in [5, 5.41) is 18.9. The van der Waals surface area contributed by atoms with Gasteiger partial charge in [0.15, 0.2) is 11.5 Å². The van der Waals surface area contributed by atoms with Gasteiger partial charge in [-0.25, -0.2) is 19.0 Å². The van der Waals surface area contributed by atoms with E-state index in [0.717, 1.165) is 28.9 Å². The minimum Gasteiger partial charge on any atom is -0.545 e. The fraction of sp³-hybridized carbons (Fsp3) is 0.233. The summed E-state index contributed by atoms with van der Waals surface area (Å²) >= 11 is 0. The predicted molar refractivity (Wildman–Crippen MR) is 145 cm³/mol. The summed E-state index contributed by atoms with van der Waals surface area (Å²) in [6.07, 6.45) is 0.519. The maximum Gasteiger partial charge on any atom is 1.00 e. The van der Waals surface area contributed by atoms with Crippen molar-refractivity contribution in [3.8, 4) is 22.8 Å². The Hall–Kier alpha value is -4.07. The van der Waals surface area contributed by atoms with Gasteiger partial charge in [-0.2, -0.15) is 23.4 Å². The molecule has 5 rings (SSSR count). The van der Waals surface area contributed by atoms with E-state index in [-0.39, 0.29) is 41.1 Å². The summed E-state index contributed by atoms with van der Waals surface area (Å²) in [5.41, 5.74) is 0.766. The van der Waals surface area contributed by atoms with Gasteiger partial charge in [-0.3, -0.25) is 4.68 Å². The molecule has 0 radical (unpaired) electrons. The van der Waals surface area contributed by atoms with Crippen LogP contribution in [0.15, 0.2) is 73.4 Å². The molecular formula is C30H25F4N6NaO3. The molecule has 0 fully saturated rings. The van der Waals surface area contributed by atoms with E-state index in [1.165, 1.54) is 30.6 Å². The van der Waals surface area contributed by atoms with Gasteiger partial charge in [0, 0.05) is 24.1 Å². The first-order valence-electron chi connectivity index (χ1n) is 13.3. The first-order valence-corrected chi connectivity index (χ1v) is 13.3. The molecule has 9 nitrogen and oxygen atoms in total. The van der Waals surface area contributed by atoms with Crippen LogP contribution in [0.5, 0.6) is 5.75 Å². The molecule has 0 saturated heterocycles. The SMILES string of the molecule is Cc1cc(OCCCn2cncn2)ccc1CCc1ccc(F)cc1-c1cccc(-n2ncc(C(=O)[O-])c2C(F)(F)F)n1.[Na+]. The number of halogens is 4. The number of nitrogens with zero attached hydrogens (tertiary/aromatic N) is 6. The van der Waals surface area contributed by atoms with Crippen molar-refractivity contribution < 1.29 is 61.8 Å². The summed E-state index contributed by atoms with van der Waals surface area (Å²) < 4.78 is 63.6. The number of aromatic carboxylic acids is 1. The number of hydrogen-bond acceptors (Lipinski definition) is 7. The first-order chi connectivity index (χ1) is 20.6. The number of rotatable bonds is 11. The molecule has 0 spiro atoms. The van der Waals surface area contributed by atoms with Crippen LogP contribution in [0, 0.1) is 12.7 Å². The van der Waals surface area contributed by atoms with E-state index < -0.39 is 29.2 Å². The molecule has 2 aromatic carbocycles. The van der Waals surface area contributed by atoms with Crippen LogP contribution in [0.3, 0.4) is 0 Å². The molecule has 3 heterocycles. The van der Waals surface area contributed by atoms with Crippen LogP contribution in [0.25, 0.3) is 17.1 Å². The Labute approximate surface area is 271 Å². The van der Waals surface area contributed by atoms with E-state index in [9.17, 15) is 27.5 Å². The molecule has 0 bridgehead atoms. The smallest absolute Gasteiger partial charge is 0.545 e. The van der Waals surface area contributed by atoms with Crippen LogP contribution in [0.2, 0.25) is 0 Å². The van der Waals surface area contributed by atoms with Gasteiger partial charge in [-0.05, 0) is 72.9 Å². The molecule has 0 unspecified atom stereocenters.